The molecule has 14 heavy (non-hydrogen) atoms. The Morgan fingerprint density at radius 1 is 1.43 bits per heavy atom. The summed E-state index contributed by atoms with van der Waals surface area (Å²) >= 11 is 1.52. The van der Waals surface area contributed by atoms with Gasteiger partial charge >= 0.3 is 0 Å². The van der Waals surface area contributed by atoms with Gasteiger partial charge in [0.2, 0.25) is 5.91 Å². The standard InChI is InChI=1S/C10H11NO2S/c12-6-5-9-10(13)11-7-3-1-2-4-8(7)14-9/h1-4,9,12H,5-6H2,(H,11,13). The number of hydrogen-bond acceptors (Lipinski definition) is 3. The number of carbonyl (C=O) groups is 1. The van der Waals surface area contributed by atoms with Crippen LogP contribution in [0, 0.1) is 0 Å². The lowest BCUT2D eigenvalue weighted by Gasteiger charge is -2.23. The Labute approximate surface area is 86.5 Å². The van der Waals surface area contributed by atoms with E-state index >= 15 is 0 Å². The van der Waals surface area contributed by atoms with Crippen molar-refractivity contribution in [3.8, 4) is 0 Å². The first-order chi connectivity index (χ1) is 6.81. The second-order valence-corrected chi connectivity index (χ2v) is 4.35. The molecule has 0 spiro atoms. The van der Waals surface area contributed by atoms with E-state index in [-0.39, 0.29) is 17.8 Å². The zero-order valence-electron chi connectivity index (χ0n) is 7.56. The van der Waals surface area contributed by atoms with E-state index in [1.165, 1.54) is 11.8 Å². The van der Waals surface area contributed by atoms with Crippen LogP contribution >= 0.6 is 11.8 Å². The van der Waals surface area contributed by atoms with Crippen LogP contribution in [0.1, 0.15) is 6.42 Å². The third-order valence-corrected chi connectivity index (χ3v) is 3.44. The molecular weight excluding hydrogens is 198 g/mol. The number of amides is 1. The smallest absolute Gasteiger partial charge is 0.237 e. The fourth-order valence-electron chi connectivity index (χ4n) is 1.40. The van der Waals surface area contributed by atoms with Gasteiger partial charge in [-0.3, -0.25) is 4.79 Å². The van der Waals surface area contributed by atoms with E-state index in [1.54, 1.807) is 0 Å². The summed E-state index contributed by atoms with van der Waals surface area (Å²) in [6.45, 7) is 0.0489. The SMILES string of the molecule is O=C1Nc2ccccc2SC1CCO. The summed E-state index contributed by atoms with van der Waals surface area (Å²) in [5, 5.41) is 11.5. The zero-order valence-corrected chi connectivity index (χ0v) is 8.38. The minimum Gasteiger partial charge on any atom is -0.396 e. The maximum atomic E-state index is 11.5. The first-order valence-electron chi connectivity index (χ1n) is 4.48. The van der Waals surface area contributed by atoms with Crippen molar-refractivity contribution in [2.45, 2.75) is 16.6 Å². The molecule has 1 aromatic carbocycles. The summed E-state index contributed by atoms with van der Waals surface area (Å²) < 4.78 is 0. The lowest BCUT2D eigenvalue weighted by Crippen LogP contribution is -2.29. The number of carbonyl (C=O) groups excluding carboxylic acids is 1. The summed E-state index contributed by atoms with van der Waals surface area (Å²) in [5.74, 6) is -0.0113. The third-order valence-electron chi connectivity index (χ3n) is 2.10. The summed E-state index contributed by atoms with van der Waals surface area (Å²) in [4.78, 5) is 12.6. The highest BCUT2D eigenvalue weighted by atomic mass is 32.2. The van der Waals surface area contributed by atoms with Crippen molar-refractivity contribution in [2.24, 2.45) is 0 Å². The molecule has 3 nitrogen and oxygen atoms in total. The van der Waals surface area contributed by atoms with Gasteiger partial charge in [0.25, 0.3) is 0 Å². The first-order valence-corrected chi connectivity index (χ1v) is 5.36. The van der Waals surface area contributed by atoms with Crippen LogP contribution in [-0.2, 0) is 4.79 Å². The van der Waals surface area contributed by atoms with E-state index in [0.717, 1.165) is 10.6 Å². The zero-order chi connectivity index (χ0) is 9.97. The number of hydrogen-bond donors (Lipinski definition) is 2. The molecule has 0 saturated heterocycles. The van der Waals surface area contributed by atoms with Crippen molar-refractivity contribution < 1.29 is 9.90 Å². The van der Waals surface area contributed by atoms with Crippen LogP contribution in [-0.4, -0.2) is 22.9 Å². The molecule has 0 saturated carbocycles. The average Bonchev–Trinajstić information content (AvgIpc) is 2.19. The summed E-state index contributed by atoms with van der Waals surface area (Å²) in [5.41, 5.74) is 0.872. The van der Waals surface area contributed by atoms with E-state index in [9.17, 15) is 4.79 Å². The third kappa shape index (κ3) is 1.76. The fraction of sp³-hybridized carbons (Fsp3) is 0.300. The van der Waals surface area contributed by atoms with Crippen LogP contribution in [0.5, 0.6) is 0 Å². The van der Waals surface area contributed by atoms with Gasteiger partial charge in [0.05, 0.1) is 10.9 Å². The van der Waals surface area contributed by atoms with Gasteiger partial charge in [-0.25, -0.2) is 0 Å². The molecule has 2 N–H and O–H groups in total. The normalized spacial score (nSPS) is 20.1. The van der Waals surface area contributed by atoms with Gasteiger partial charge in [-0.05, 0) is 18.6 Å². The summed E-state index contributed by atoms with van der Waals surface area (Å²) in [7, 11) is 0. The Kier molecular flexibility index (Phi) is 2.74. The molecule has 2 rings (SSSR count). The largest absolute Gasteiger partial charge is 0.396 e. The van der Waals surface area contributed by atoms with Crippen LogP contribution in [0.15, 0.2) is 29.2 Å². The molecule has 1 unspecified atom stereocenters. The summed E-state index contributed by atoms with van der Waals surface area (Å²) in [6, 6.07) is 7.70. The first kappa shape index (κ1) is 9.55. The minimum atomic E-state index is -0.158. The molecule has 1 aliphatic heterocycles. The number of anilines is 1. The van der Waals surface area contributed by atoms with E-state index in [2.05, 4.69) is 5.32 Å². The topological polar surface area (TPSA) is 49.3 Å². The molecule has 1 aromatic rings. The Hall–Kier alpha value is -1.00. The molecule has 4 heteroatoms. The number of aliphatic hydroxyl groups is 1. The van der Waals surface area contributed by atoms with Crippen LogP contribution in [0.25, 0.3) is 0 Å². The van der Waals surface area contributed by atoms with Crippen LogP contribution in [0.4, 0.5) is 5.69 Å². The van der Waals surface area contributed by atoms with Gasteiger partial charge in [0, 0.05) is 11.5 Å². The molecule has 1 heterocycles. The summed E-state index contributed by atoms with van der Waals surface area (Å²) in [6.07, 6.45) is 0.505. The minimum absolute atomic E-state index is 0.0113. The number of aliphatic hydroxyl groups excluding tert-OH is 1. The Balaban J connectivity index is 2.22. The number of para-hydroxylation sites is 1. The van der Waals surface area contributed by atoms with Crippen LogP contribution < -0.4 is 5.32 Å². The van der Waals surface area contributed by atoms with Gasteiger partial charge in [0.1, 0.15) is 0 Å². The molecule has 0 fully saturated rings. The highest BCUT2D eigenvalue weighted by Crippen LogP contribution is 2.36. The second-order valence-electron chi connectivity index (χ2n) is 3.10. The van der Waals surface area contributed by atoms with E-state index in [4.69, 9.17) is 5.11 Å². The predicted octanol–water partition coefficient (Wildman–Crippen LogP) is 1.48. The van der Waals surface area contributed by atoms with Gasteiger partial charge in [0.15, 0.2) is 0 Å². The monoisotopic (exact) mass is 209 g/mol. The van der Waals surface area contributed by atoms with Gasteiger partial charge in [-0.15, -0.1) is 11.8 Å². The fourth-order valence-corrected chi connectivity index (χ4v) is 2.50. The molecule has 0 aliphatic carbocycles. The molecule has 1 aliphatic rings. The van der Waals surface area contributed by atoms with Crippen molar-refractivity contribution in [3.63, 3.8) is 0 Å². The van der Waals surface area contributed by atoms with Gasteiger partial charge in [-0.2, -0.15) is 0 Å². The van der Waals surface area contributed by atoms with Crippen LogP contribution in [0.3, 0.4) is 0 Å². The van der Waals surface area contributed by atoms with Gasteiger partial charge < -0.3 is 10.4 Å². The lowest BCUT2D eigenvalue weighted by molar-refractivity contribution is -0.116. The van der Waals surface area contributed by atoms with Crippen molar-refractivity contribution >= 4 is 23.4 Å². The maximum Gasteiger partial charge on any atom is 0.237 e. The number of thioether (sulfide) groups is 1. The lowest BCUT2D eigenvalue weighted by atomic mass is 10.2. The van der Waals surface area contributed by atoms with Crippen molar-refractivity contribution in [3.05, 3.63) is 24.3 Å². The second kappa shape index (κ2) is 4.02. The molecule has 1 amide bonds. The Bertz CT molecular complexity index is 354. The van der Waals surface area contributed by atoms with Crippen molar-refractivity contribution in [2.75, 3.05) is 11.9 Å². The van der Waals surface area contributed by atoms with Crippen molar-refractivity contribution in [1.29, 1.82) is 0 Å². The molecule has 0 bridgehead atoms. The maximum absolute atomic E-state index is 11.5. The molecule has 1 atom stereocenters. The van der Waals surface area contributed by atoms with Gasteiger partial charge in [-0.1, -0.05) is 12.1 Å². The molecular formula is C10H11NO2S. The quantitative estimate of drug-likeness (QED) is 0.775. The average molecular weight is 209 g/mol. The predicted molar refractivity (Wildman–Crippen MR) is 56.4 cm³/mol. The highest BCUT2D eigenvalue weighted by Gasteiger charge is 2.25. The Morgan fingerprint density at radius 2 is 2.21 bits per heavy atom. The number of nitrogens with one attached hydrogen (secondary N) is 1. The highest BCUT2D eigenvalue weighted by molar-refractivity contribution is 8.01. The Morgan fingerprint density at radius 3 is 3.00 bits per heavy atom. The van der Waals surface area contributed by atoms with E-state index in [0.29, 0.717) is 6.42 Å². The molecule has 0 radical (unpaired) electrons. The van der Waals surface area contributed by atoms with E-state index < -0.39 is 0 Å². The molecule has 74 valence electrons. The number of rotatable bonds is 2. The number of fused-ring (bicyclic) bond motifs is 1. The molecule has 0 aromatic heterocycles. The van der Waals surface area contributed by atoms with Crippen LogP contribution in [0.2, 0.25) is 0 Å². The van der Waals surface area contributed by atoms with Crippen molar-refractivity contribution in [1.82, 2.24) is 0 Å². The number of benzene rings is 1. The van der Waals surface area contributed by atoms with E-state index in [1.807, 2.05) is 24.3 Å².